The molecule has 1 N–H and O–H groups in total. The number of hydrogen-bond donors (Lipinski definition) is 1. The summed E-state index contributed by atoms with van der Waals surface area (Å²) < 4.78 is 38.8. The van der Waals surface area contributed by atoms with Crippen molar-refractivity contribution < 1.29 is 17.6 Å². The average molecular weight is 382 g/mol. The highest BCUT2D eigenvalue weighted by molar-refractivity contribution is 7.98. The van der Waals surface area contributed by atoms with Crippen LogP contribution in [0, 0.1) is 5.82 Å². The molecule has 8 heteroatoms. The van der Waals surface area contributed by atoms with Crippen molar-refractivity contribution in [3.8, 4) is 0 Å². The van der Waals surface area contributed by atoms with E-state index >= 15 is 0 Å². The normalized spacial score (nSPS) is 12.5. The Morgan fingerprint density at radius 2 is 1.88 bits per heavy atom. The number of rotatable bonds is 6. The summed E-state index contributed by atoms with van der Waals surface area (Å²) in [5.74, 6) is -1.08. The summed E-state index contributed by atoms with van der Waals surface area (Å²) in [4.78, 5) is 13.5. The summed E-state index contributed by atoms with van der Waals surface area (Å²) in [7, 11) is -3.79. The molecule has 2 aromatic rings. The van der Waals surface area contributed by atoms with E-state index in [1.807, 2.05) is 18.4 Å². The number of benzene rings is 2. The molecule has 0 aliphatic heterocycles. The Morgan fingerprint density at radius 3 is 2.48 bits per heavy atom. The van der Waals surface area contributed by atoms with E-state index in [1.54, 1.807) is 12.1 Å². The number of anilines is 2. The monoisotopic (exact) mass is 382 g/mol. The maximum absolute atomic E-state index is 13.5. The number of amides is 1. The van der Waals surface area contributed by atoms with Gasteiger partial charge in [-0.15, -0.1) is 11.8 Å². The average Bonchev–Trinajstić information content (AvgIpc) is 2.54. The van der Waals surface area contributed by atoms with Gasteiger partial charge in [-0.25, -0.2) is 12.8 Å². The van der Waals surface area contributed by atoms with Crippen LogP contribution < -0.4 is 9.62 Å². The van der Waals surface area contributed by atoms with Gasteiger partial charge in [0.25, 0.3) is 0 Å². The Labute approximate surface area is 151 Å². The summed E-state index contributed by atoms with van der Waals surface area (Å²) >= 11 is 1.47. The molecule has 2 rings (SSSR count). The third-order valence-electron chi connectivity index (χ3n) is 3.52. The quantitative estimate of drug-likeness (QED) is 0.778. The topological polar surface area (TPSA) is 66.5 Å². The van der Waals surface area contributed by atoms with Crippen LogP contribution in [0.2, 0.25) is 0 Å². The second-order valence-electron chi connectivity index (χ2n) is 5.40. The number of nitrogens with zero attached hydrogens (tertiary/aromatic N) is 1. The molecule has 0 saturated carbocycles. The van der Waals surface area contributed by atoms with Crippen molar-refractivity contribution in [1.82, 2.24) is 0 Å². The maximum Gasteiger partial charge on any atom is 0.248 e. The smallest absolute Gasteiger partial charge is 0.248 e. The van der Waals surface area contributed by atoms with E-state index in [-0.39, 0.29) is 5.69 Å². The number of nitrogens with one attached hydrogen (secondary N) is 1. The molecule has 0 bridgehead atoms. The van der Waals surface area contributed by atoms with Crippen LogP contribution in [-0.4, -0.2) is 32.9 Å². The second kappa shape index (κ2) is 7.88. The molecular weight excluding hydrogens is 363 g/mol. The van der Waals surface area contributed by atoms with Crippen molar-refractivity contribution in [2.75, 3.05) is 22.1 Å². The van der Waals surface area contributed by atoms with Gasteiger partial charge < -0.3 is 5.32 Å². The van der Waals surface area contributed by atoms with Crippen LogP contribution in [-0.2, 0) is 14.8 Å². The lowest BCUT2D eigenvalue weighted by Gasteiger charge is -2.28. The first kappa shape index (κ1) is 19.3. The van der Waals surface area contributed by atoms with Gasteiger partial charge in [0.15, 0.2) is 0 Å². The minimum atomic E-state index is -3.79. The van der Waals surface area contributed by atoms with Gasteiger partial charge in [0.2, 0.25) is 15.9 Å². The summed E-state index contributed by atoms with van der Waals surface area (Å²) in [6.45, 7) is 1.46. The third-order valence-corrected chi connectivity index (χ3v) is 5.55. The molecule has 0 radical (unpaired) electrons. The standard InChI is InChI=1S/C17H19FN2O3S2/c1-12(17(21)19-15-9-4-5-10-16(15)24-2)20(25(3,22)23)14-8-6-7-13(18)11-14/h4-12H,1-3H3,(H,19,21)/t12-/m0/s1. The van der Waals surface area contributed by atoms with Crippen LogP contribution in [0.4, 0.5) is 15.8 Å². The Balaban J connectivity index is 2.33. The fourth-order valence-corrected chi connectivity index (χ4v) is 4.13. The maximum atomic E-state index is 13.5. The van der Waals surface area contributed by atoms with Crippen molar-refractivity contribution in [2.24, 2.45) is 0 Å². The number of sulfonamides is 1. The lowest BCUT2D eigenvalue weighted by Crippen LogP contribution is -2.45. The Kier molecular flexibility index (Phi) is 6.07. The highest BCUT2D eigenvalue weighted by Gasteiger charge is 2.29. The Morgan fingerprint density at radius 1 is 1.20 bits per heavy atom. The number of carbonyl (C=O) groups is 1. The van der Waals surface area contributed by atoms with Gasteiger partial charge in [-0.2, -0.15) is 0 Å². The van der Waals surface area contributed by atoms with Crippen LogP contribution >= 0.6 is 11.8 Å². The van der Waals surface area contributed by atoms with E-state index in [0.29, 0.717) is 5.69 Å². The number of carbonyl (C=O) groups excluding carboxylic acids is 1. The van der Waals surface area contributed by atoms with Crippen molar-refractivity contribution in [2.45, 2.75) is 17.9 Å². The van der Waals surface area contributed by atoms with Crippen LogP contribution in [0.25, 0.3) is 0 Å². The number of para-hydroxylation sites is 1. The molecule has 0 aliphatic carbocycles. The first-order valence-electron chi connectivity index (χ1n) is 7.43. The number of hydrogen-bond acceptors (Lipinski definition) is 4. The fourth-order valence-electron chi connectivity index (χ4n) is 2.41. The number of thioether (sulfide) groups is 1. The van der Waals surface area contributed by atoms with Gasteiger partial charge in [0, 0.05) is 4.90 Å². The van der Waals surface area contributed by atoms with Crippen LogP contribution in [0.15, 0.2) is 53.4 Å². The first-order chi connectivity index (χ1) is 11.7. The molecule has 0 saturated heterocycles. The molecule has 134 valence electrons. The molecule has 0 spiro atoms. The summed E-state index contributed by atoms with van der Waals surface area (Å²) in [6.07, 6.45) is 2.86. The molecule has 25 heavy (non-hydrogen) atoms. The Hall–Kier alpha value is -2.06. The summed E-state index contributed by atoms with van der Waals surface area (Å²) in [6, 6.07) is 11.3. The lowest BCUT2D eigenvalue weighted by molar-refractivity contribution is -0.116. The number of halogens is 1. The van der Waals surface area contributed by atoms with E-state index in [2.05, 4.69) is 5.32 Å². The summed E-state index contributed by atoms with van der Waals surface area (Å²) in [5.41, 5.74) is 0.697. The molecule has 2 aromatic carbocycles. The minimum Gasteiger partial charge on any atom is -0.323 e. The van der Waals surface area contributed by atoms with E-state index < -0.39 is 27.8 Å². The van der Waals surface area contributed by atoms with Crippen molar-refractivity contribution in [3.63, 3.8) is 0 Å². The van der Waals surface area contributed by atoms with Crippen LogP contribution in [0.1, 0.15) is 6.92 Å². The molecule has 0 heterocycles. The minimum absolute atomic E-state index is 0.100. The molecule has 1 amide bonds. The van der Waals surface area contributed by atoms with E-state index in [1.165, 1.54) is 36.9 Å². The largest absolute Gasteiger partial charge is 0.323 e. The predicted molar refractivity (Wildman–Crippen MR) is 100 cm³/mol. The Bertz CT molecular complexity index is 872. The second-order valence-corrected chi connectivity index (χ2v) is 8.11. The zero-order chi connectivity index (χ0) is 18.6. The molecule has 0 aromatic heterocycles. The van der Waals surface area contributed by atoms with Crippen molar-refractivity contribution in [1.29, 1.82) is 0 Å². The van der Waals surface area contributed by atoms with Crippen molar-refractivity contribution >= 4 is 39.1 Å². The van der Waals surface area contributed by atoms with Gasteiger partial charge in [-0.05, 0) is 43.5 Å². The van der Waals surface area contributed by atoms with Crippen LogP contribution in [0.5, 0.6) is 0 Å². The van der Waals surface area contributed by atoms with Crippen LogP contribution in [0.3, 0.4) is 0 Å². The van der Waals surface area contributed by atoms with Gasteiger partial charge in [-0.3, -0.25) is 9.10 Å². The first-order valence-corrected chi connectivity index (χ1v) is 10.5. The molecule has 1 atom stereocenters. The van der Waals surface area contributed by atoms with Crippen molar-refractivity contribution in [3.05, 3.63) is 54.3 Å². The fraction of sp³-hybridized carbons (Fsp3) is 0.235. The van der Waals surface area contributed by atoms with Gasteiger partial charge in [0.05, 0.1) is 17.6 Å². The molecule has 0 fully saturated rings. The zero-order valence-corrected chi connectivity index (χ0v) is 15.7. The predicted octanol–water partition coefficient (Wildman–Crippen LogP) is 3.34. The highest BCUT2D eigenvalue weighted by Crippen LogP contribution is 2.26. The molecule has 5 nitrogen and oxygen atoms in total. The molecule has 0 unspecified atom stereocenters. The third kappa shape index (κ3) is 4.73. The van der Waals surface area contributed by atoms with Gasteiger partial charge in [-0.1, -0.05) is 18.2 Å². The zero-order valence-electron chi connectivity index (χ0n) is 14.1. The SMILES string of the molecule is CSc1ccccc1NC(=O)[C@H](C)N(c1cccc(F)c1)S(C)(=O)=O. The highest BCUT2D eigenvalue weighted by atomic mass is 32.2. The summed E-state index contributed by atoms with van der Waals surface area (Å²) in [5, 5.41) is 2.74. The van der Waals surface area contributed by atoms with Gasteiger partial charge in [0.1, 0.15) is 11.9 Å². The lowest BCUT2D eigenvalue weighted by atomic mass is 10.2. The van der Waals surface area contributed by atoms with E-state index in [0.717, 1.165) is 21.5 Å². The van der Waals surface area contributed by atoms with Gasteiger partial charge >= 0.3 is 0 Å². The van der Waals surface area contributed by atoms with E-state index in [9.17, 15) is 17.6 Å². The molecular formula is C17H19FN2O3S2. The molecule has 0 aliphatic rings. The van der Waals surface area contributed by atoms with E-state index in [4.69, 9.17) is 0 Å².